The minimum absolute atomic E-state index is 0.183. The Balaban J connectivity index is 2.31. The van der Waals surface area contributed by atoms with E-state index < -0.39 is 0 Å². The van der Waals surface area contributed by atoms with Crippen LogP contribution in [0.1, 0.15) is 24.8 Å². The third-order valence-corrected chi connectivity index (χ3v) is 2.50. The van der Waals surface area contributed by atoms with Gasteiger partial charge < -0.3 is 0 Å². The fraction of sp³-hybridized carbons (Fsp3) is 0.300. The largest absolute Gasteiger partial charge is 0.207 e. The summed E-state index contributed by atoms with van der Waals surface area (Å²) in [6, 6.07) is 4.89. The lowest BCUT2D eigenvalue weighted by molar-refractivity contribution is 0.542. The zero-order valence-corrected chi connectivity index (χ0v) is 7.37. The second-order valence-electron chi connectivity index (χ2n) is 3.08. The Labute approximate surface area is 76.4 Å². The molecule has 0 bridgehead atoms. The molecule has 0 unspecified atom stereocenters. The quantitative estimate of drug-likeness (QED) is 0.624. The minimum atomic E-state index is -0.183. The first-order chi connectivity index (χ1) is 5.77. The van der Waals surface area contributed by atoms with Crippen molar-refractivity contribution in [2.75, 3.05) is 0 Å². The van der Waals surface area contributed by atoms with Crippen molar-refractivity contribution in [2.45, 2.75) is 19.3 Å². The summed E-state index contributed by atoms with van der Waals surface area (Å²) in [5.74, 6) is 1.04. The van der Waals surface area contributed by atoms with Gasteiger partial charge in [-0.2, -0.15) is 0 Å². The molecule has 1 aliphatic rings. The van der Waals surface area contributed by atoms with E-state index in [-0.39, 0.29) is 5.82 Å². The summed E-state index contributed by atoms with van der Waals surface area (Å²) in [5.41, 5.74) is 0.755. The molecule has 2 rings (SSSR count). The number of benzene rings is 1. The summed E-state index contributed by atoms with van der Waals surface area (Å²) in [4.78, 5) is 0. The molecule has 0 atom stereocenters. The zero-order chi connectivity index (χ0) is 8.55. The Kier molecular flexibility index (Phi) is 2.05. The lowest BCUT2D eigenvalue weighted by atomic mass is 9.80. The molecule has 1 saturated carbocycles. The van der Waals surface area contributed by atoms with Crippen LogP contribution < -0.4 is 0 Å². The monoisotopic (exact) mass is 183 g/mol. The molecule has 0 nitrogen and oxygen atoms in total. The van der Waals surface area contributed by atoms with Crippen LogP contribution in [0.4, 0.5) is 4.39 Å². The van der Waals surface area contributed by atoms with Crippen LogP contribution >= 0.6 is 11.6 Å². The van der Waals surface area contributed by atoms with E-state index in [1.54, 1.807) is 12.1 Å². The van der Waals surface area contributed by atoms with Gasteiger partial charge in [0.15, 0.2) is 0 Å². The Morgan fingerprint density at radius 3 is 2.50 bits per heavy atom. The van der Waals surface area contributed by atoms with E-state index in [0.29, 0.717) is 5.02 Å². The topological polar surface area (TPSA) is 0 Å². The predicted molar refractivity (Wildman–Crippen MR) is 47.6 cm³/mol. The highest BCUT2D eigenvalue weighted by Gasteiger charge is 2.22. The van der Waals surface area contributed by atoms with Crippen LogP contribution in [0.2, 0.25) is 5.02 Å². The highest BCUT2D eigenvalue weighted by Crippen LogP contribution is 2.36. The lowest BCUT2D eigenvalue weighted by Crippen LogP contribution is -2.11. The van der Waals surface area contributed by atoms with Crippen LogP contribution in [0.3, 0.4) is 0 Å². The fourth-order valence-electron chi connectivity index (χ4n) is 1.40. The molecule has 63 valence electrons. The van der Waals surface area contributed by atoms with Gasteiger partial charge in [0.1, 0.15) is 5.82 Å². The average Bonchev–Trinajstić information content (AvgIpc) is 1.91. The van der Waals surface area contributed by atoms with Crippen molar-refractivity contribution >= 4 is 11.6 Å². The molecule has 0 aromatic heterocycles. The van der Waals surface area contributed by atoms with Gasteiger partial charge in [-0.3, -0.25) is 0 Å². The first-order valence-corrected chi connectivity index (χ1v) is 4.45. The fourth-order valence-corrected chi connectivity index (χ4v) is 1.56. The normalized spacial score (nSPS) is 17.5. The maximum absolute atomic E-state index is 13.2. The van der Waals surface area contributed by atoms with Gasteiger partial charge in [0, 0.05) is 10.9 Å². The molecule has 0 spiro atoms. The van der Waals surface area contributed by atoms with Gasteiger partial charge in [-0.05, 0) is 30.5 Å². The summed E-state index contributed by atoms with van der Waals surface area (Å²) in [7, 11) is 0. The first kappa shape index (κ1) is 8.06. The second kappa shape index (κ2) is 3.06. The van der Waals surface area contributed by atoms with Gasteiger partial charge in [-0.15, -0.1) is 0 Å². The smallest absolute Gasteiger partial charge is 0.128 e. The Hall–Kier alpha value is -0.560. The maximum atomic E-state index is 13.2. The molecule has 0 N–H and O–H groups in total. The molecule has 12 heavy (non-hydrogen) atoms. The summed E-state index contributed by atoms with van der Waals surface area (Å²) in [5, 5.41) is 0.469. The van der Waals surface area contributed by atoms with Crippen molar-refractivity contribution in [3.63, 3.8) is 0 Å². The van der Waals surface area contributed by atoms with E-state index in [4.69, 9.17) is 11.6 Å². The molecule has 1 aromatic carbocycles. The molecule has 1 aromatic rings. The Morgan fingerprint density at radius 2 is 2.00 bits per heavy atom. The number of hydrogen-bond donors (Lipinski definition) is 0. The van der Waals surface area contributed by atoms with E-state index in [1.807, 2.05) is 0 Å². The molecule has 1 radical (unpaired) electrons. The number of halogens is 2. The second-order valence-corrected chi connectivity index (χ2v) is 3.52. The standard InChI is InChI=1S/C10H9ClF/c11-8-4-5-9(10(12)6-8)7-2-1-3-7/h4-6H,1-3H2. The Morgan fingerprint density at radius 1 is 1.25 bits per heavy atom. The lowest BCUT2D eigenvalue weighted by Gasteiger charge is -2.25. The molecule has 1 fully saturated rings. The molecule has 2 heteroatoms. The van der Waals surface area contributed by atoms with Gasteiger partial charge in [0.05, 0.1) is 0 Å². The van der Waals surface area contributed by atoms with Crippen molar-refractivity contribution in [1.29, 1.82) is 0 Å². The van der Waals surface area contributed by atoms with Crippen LogP contribution in [0.25, 0.3) is 0 Å². The first-order valence-electron chi connectivity index (χ1n) is 4.07. The van der Waals surface area contributed by atoms with Crippen molar-refractivity contribution in [3.8, 4) is 0 Å². The van der Waals surface area contributed by atoms with Crippen LogP contribution in [-0.4, -0.2) is 0 Å². The average molecular weight is 184 g/mol. The van der Waals surface area contributed by atoms with Crippen LogP contribution in [0, 0.1) is 11.7 Å². The van der Waals surface area contributed by atoms with E-state index in [0.717, 1.165) is 18.4 Å². The van der Waals surface area contributed by atoms with E-state index >= 15 is 0 Å². The van der Waals surface area contributed by atoms with E-state index in [2.05, 4.69) is 0 Å². The molecular weight excluding hydrogens is 175 g/mol. The van der Waals surface area contributed by atoms with Gasteiger partial charge in [-0.1, -0.05) is 24.1 Å². The molecule has 1 aliphatic carbocycles. The number of hydrogen-bond acceptors (Lipinski definition) is 0. The van der Waals surface area contributed by atoms with Gasteiger partial charge in [0.2, 0.25) is 0 Å². The summed E-state index contributed by atoms with van der Waals surface area (Å²) in [6.07, 6.45) is 3.27. The van der Waals surface area contributed by atoms with Gasteiger partial charge in [0.25, 0.3) is 0 Å². The summed E-state index contributed by atoms with van der Waals surface area (Å²) >= 11 is 5.63. The predicted octanol–water partition coefficient (Wildman–Crippen LogP) is 3.59. The minimum Gasteiger partial charge on any atom is -0.207 e. The third-order valence-electron chi connectivity index (χ3n) is 2.27. The molecule has 0 saturated heterocycles. The highest BCUT2D eigenvalue weighted by molar-refractivity contribution is 6.30. The van der Waals surface area contributed by atoms with Crippen molar-refractivity contribution in [2.24, 2.45) is 0 Å². The maximum Gasteiger partial charge on any atom is 0.128 e. The zero-order valence-electron chi connectivity index (χ0n) is 6.61. The van der Waals surface area contributed by atoms with Crippen molar-refractivity contribution in [1.82, 2.24) is 0 Å². The highest BCUT2D eigenvalue weighted by atomic mass is 35.5. The third kappa shape index (κ3) is 1.34. The van der Waals surface area contributed by atoms with Crippen LogP contribution in [0.15, 0.2) is 18.2 Å². The Bertz CT molecular complexity index is 292. The van der Waals surface area contributed by atoms with Crippen LogP contribution in [0.5, 0.6) is 0 Å². The summed E-state index contributed by atoms with van der Waals surface area (Å²) < 4.78 is 13.2. The molecule has 0 heterocycles. The molecule has 0 amide bonds. The van der Waals surface area contributed by atoms with Crippen molar-refractivity contribution < 1.29 is 4.39 Å². The summed E-state index contributed by atoms with van der Waals surface area (Å²) in [6.45, 7) is 0. The van der Waals surface area contributed by atoms with Gasteiger partial charge >= 0.3 is 0 Å². The SMILES string of the molecule is Fc1cc(Cl)ccc1[C]1CCC1. The number of rotatable bonds is 1. The van der Waals surface area contributed by atoms with Crippen LogP contribution in [-0.2, 0) is 0 Å². The molecular formula is C10H9ClF. The van der Waals surface area contributed by atoms with E-state index in [9.17, 15) is 4.39 Å². The van der Waals surface area contributed by atoms with Crippen molar-refractivity contribution in [3.05, 3.63) is 40.5 Å². The molecule has 0 aliphatic heterocycles. The van der Waals surface area contributed by atoms with Gasteiger partial charge in [-0.25, -0.2) is 4.39 Å². The van der Waals surface area contributed by atoms with E-state index in [1.165, 1.54) is 18.4 Å².